The van der Waals surface area contributed by atoms with Crippen LogP contribution in [0, 0.1) is 5.92 Å². The van der Waals surface area contributed by atoms with Crippen molar-refractivity contribution in [1.29, 1.82) is 0 Å². The van der Waals surface area contributed by atoms with Gasteiger partial charge in [-0.2, -0.15) is 0 Å². The number of benzene rings is 2. The molecular formula is C30H43N5O4. The van der Waals surface area contributed by atoms with Crippen molar-refractivity contribution < 1.29 is 19.5 Å². The molecule has 212 valence electrons. The lowest BCUT2D eigenvalue weighted by Gasteiger charge is -2.27. The number of aryl methyl sites for hydroxylation is 1. The first-order valence-corrected chi connectivity index (χ1v) is 13.3. The minimum absolute atomic E-state index is 0.0869. The van der Waals surface area contributed by atoms with E-state index in [0.717, 1.165) is 11.1 Å². The summed E-state index contributed by atoms with van der Waals surface area (Å²) in [5.41, 5.74) is 1.88. The summed E-state index contributed by atoms with van der Waals surface area (Å²) in [6.45, 7) is 3.90. The van der Waals surface area contributed by atoms with Crippen molar-refractivity contribution in [3.05, 3.63) is 71.8 Å². The highest BCUT2D eigenvalue weighted by molar-refractivity contribution is 5.93. The van der Waals surface area contributed by atoms with Crippen molar-refractivity contribution in [1.82, 2.24) is 20.4 Å². The van der Waals surface area contributed by atoms with E-state index in [4.69, 9.17) is 4.99 Å². The number of guanidine groups is 1. The van der Waals surface area contributed by atoms with E-state index in [1.165, 1.54) is 0 Å². The highest BCUT2D eigenvalue weighted by Crippen LogP contribution is 2.12. The zero-order chi connectivity index (χ0) is 28.9. The van der Waals surface area contributed by atoms with Crippen LogP contribution in [0.15, 0.2) is 65.7 Å². The van der Waals surface area contributed by atoms with Gasteiger partial charge in [0.2, 0.25) is 11.8 Å². The molecule has 0 saturated heterocycles. The molecule has 2 aromatic carbocycles. The van der Waals surface area contributed by atoms with Crippen LogP contribution in [-0.4, -0.2) is 85.0 Å². The number of nitrogens with zero attached hydrogens (tertiary/aromatic N) is 3. The molecular weight excluding hydrogens is 494 g/mol. The van der Waals surface area contributed by atoms with E-state index >= 15 is 0 Å². The molecule has 3 N–H and O–H groups in total. The molecule has 2 amide bonds. The Morgan fingerprint density at radius 1 is 0.795 bits per heavy atom. The third kappa shape index (κ3) is 10.8. The minimum atomic E-state index is -1.13. The SMILES string of the molecule is CC(C)C[C@H](NC(=O)[C@H](CCc1ccccc1)N=C(N(C)C)N(C)C)C(=O)N[C@@H](Cc1ccccc1)C(=O)O. The molecule has 2 aromatic rings. The average molecular weight is 538 g/mol. The number of carboxylic acids is 1. The Hall–Kier alpha value is -3.88. The van der Waals surface area contributed by atoms with Crippen LogP contribution in [-0.2, 0) is 27.2 Å². The Bertz CT molecular complexity index is 1080. The molecule has 0 fully saturated rings. The Morgan fingerprint density at radius 2 is 1.31 bits per heavy atom. The summed E-state index contributed by atoms with van der Waals surface area (Å²) in [7, 11) is 7.44. The van der Waals surface area contributed by atoms with E-state index < -0.39 is 30.0 Å². The molecule has 9 nitrogen and oxygen atoms in total. The summed E-state index contributed by atoms with van der Waals surface area (Å²) < 4.78 is 0. The number of carbonyl (C=O) groups is 3. The lowest BCUT2D eigenvalue weighted by Crippen LogP contribution is -2.54. The van der Waals surface area contributed by atoms with Crippen LogP contribution in [0.25, 0.3) is 0 Å². The van der Waals surface area contributed by atoms with Gasteiger partial charge in [-0.1, -0.05) is 74.5 Å². The maximum absolute atomic E-state index is 13.6. The van der Waals surface area contributed by atoms with Gasteiger partial charge in [0.1, 0.15) is 18.1 Å². The summed E-state index contributed by atoms with van der Waals surface area (Å²) in [5.74, 6) is -1.31. The number of hydrogen-bond acceptors (Lipinski definition) is 4. The third-order valence-electron chi connectivity index (χ3n) is 6.16. The Balaban J connectivity index is 2.26. The lowest BCUT2D eigenvalue weighted by molar-refractivity contribution is -0.142. The monoisotopic (exact) mass is 537 g/mol. The van der Waals surface area contributed by atoms with Crippen molar-refractivity contribution in [3.63, 3.8) is 0 Å². The predicted octanol–water partition coefficient (Wildman–Crippen LogP) is 2.81. The fourth-order valence-electron chi connectivity index (χ4n) is 4.27. The van der Waals surface area contributed by atoms with Gasteiger partial charge in [0.05, 0.1) is 0 Å². The number of carboxylic acid groups (broad SMARTS) is 1. The van der Waals surface area contributed by atoms with E-state index in [-0.39, 0.29) is 18.2 Å². The van der Waals surface area contributed by atoms with Crippen LogP contribution in [0.1, 0.15) is 37.8 Å². The second-order valence-corrected chi connectivity index (χ2v) is 10.5. The first-order chi connectivity index (χ1) is 18.5. The molecule has 0 unspecified atom stereocenters. The topological polar surface area (TPSA) is 114 Å². The van der Waals surface area contributed by atoms with Gasteiger partial charge in [-0.15, -0.1) is 0 Å². The number of rotatable bonds is 13. The maximum atomic E-state index is 13.6. The van der Waals surface area contributed by atoms with Crippen LogP contribution in [0.3, 0.4) is 0 Å². The summed E-state index contributed by atoms with van der Waals surface area (Å²) in [4.78, 5) is 47.3. The number of hydrogen-bond donors (Lipinski definition) is 3. The van der Waals surface area contributed by atoms with Crippen LogP contribution in [0.2, 0.25) is 0 Å². The van der Waals surface area contributed by atoms with Crippen molar-refractivity contribution >= 4 is 23.7 Å². The van der Waals surface area contributed by atoms with Crippen molar-refractivity contribution in [2.75, 3.05) is 28.2 Å². The summed E-state index contributed by atoms with van der Waals surface area (Å²) in [5, 5.41) is 15.3. The normalized spacial score (nSPS) is 13.1. The van der Waals surface area contributed by atoms with Crippen LogP contribution < -0.4 is 10.6 Å². The number of amides is 2. The number of carbonyl (C=O) groups excluding carboxylic acids is 2. The zero-order valence-corrected chi connectivity index (χ0v) is 23.9. The van der Waals surface area contributed by atoms with E-state index in [2.05, 4.69) is 10.6 Å². The molecule has 0 saturated carbocycles. The lowest BCUT2D eigenvalue weighted by atomic mass is 10.00. The van der Waals surface area contributed by atoms with Crippen molar-refractivity contribution in [2.45, 2.75) is 57.7 Å². The largest absolute Gasteiger partial charge is 0.480 e. The first kappa shape index (κ1) is 31.3. The quantitative estimate of drug-likeness (QED) is 0.267. The molecule has 0 aromatic heterocycles. The molecule has 0 heterocycles. The molecule has 3 atom stereocenters. The fourth-order valence-corrected chi connectivity index (χ4v) is 4.27. The minimum Gasteiger partial charge on any atom is -0.480 e. The van der Waals surface area contributed by atoms with Gasteiger partial charge in [-0.25, -0.2) is 9.79 Å². The molecule has 9 heteroatoms. The second-order valence-electron chi connectivity index (χ2n) is 10.5. The molecule has 0 aliphatic heterocycles. The maximum Gasteiger partial charge on any atom is 0.326 e. The summed E-state index contributed by atoms with van der Waals surface area (Å²) in [6.07, 6.45) is 1.58. The highest BCUT2D eigenvalue weighted by Gasteiger charge is 2.30. The van der Waals surface area contributed by atoms with Gasteiger partial charge in [-0.05, 0) is 36.3 Å². The Morgan fingerprint density at radius 3 is 1.79 bits per heavy atom. The highest BCUT2D eigenvalue weighted by atomic mass is 16.4. The molecule has 39 heavy (non-hydrogen) atoms. The van der Waals surface area contributed by atoms with Gasteiger partial charge in [0.25, 0.3) is 0 Å². The molecule has 0 bridgehead atoms. The smallest absolute Gasteiger partial charge is 0.326 e. The summed E-state index contributed by atoms with van der Waals surface area (Å²) in [6, 6.07) is 16.2. The number of aliphatic carboxylic acids is 1. The molecule has 2 rings (SSSR count). The van der Waals surface area contributed by atoms with Crippen LogP contribution >= 0.6 is 0 Å². The standard InChI is InChI=1S/C30H43N5O4/c1-21(2)19-25(28(37)32-26(29(38)39)20-23-15-11-8-12-16-23)31-27(36)24(33-30(34(3)4)35(5)6)18-17-22-13-9-7-10-14-22/h7-16,21,24-26H,17-20H2,1-6H3,(H,31,36)(H,32,37)(H,38,39)/t24-,25-,26-/m0/s1. The van der Waals surface area contributed by atoms with Crippen molar-refractivity contribution in [3.8, 4) is 0 Å². The van der Waals surface area contributed by atoms with Gasteiger partial charge in [-0.3, -0.25) is 9.59 Å². The molecule has 0 aliphatic rings. The van der Waals surface area contributed by atoms with Gasteiger partial charge >= 0.3 is 5.97 Å². The second kappa shape index (κ2) is 15.5. The van der Waals surface area contributed by atoms with E-state index in [9.17, 15) is 19.5 Å². The van der Waals surface area contributed by atoms with E-state index in [0.29, 0.717) is 25.2 Å². The van der Waals surface area contributed by atoms with Gasteiger partial charge in [0, 0.05) is 34.6 Å². The molecule has 0 aliphatic carbocycles. The fraction of sp³-hybridized carbons (Fsp3) is 0.467. The van der Waals surface area contributed by atoms with E-state index in [1.807, 2.05) is 113 Å². The number of nitrogens with one attached hydrogen (secondary N) is 2. The zero-order valence-electron chi connectivity index (χ0n) is 23.9. The molecule has 0 spiro atoms. The van der Waals surface area contributed by atoms with Crippen LogP contribution in [0.4, 0.5) is 0 Å². The first-order valence-electron chi connectivity index (χ1n) is 13.3. The van der Waals surface area contributed by atoms with E-state index in [1.54, 1.807) is 0 Å². The van der Waals surface area contributed by atoms with Gasteiger partial charge in [0.15, 0.2) is 5.96 Å². The molecule has 0 radical (unpaired) electrons. The third-order valence-corrected chi connectivity index (χ3v) is 6.16. The van der Waals surface area contributed by atoms with Gasteiger partial charge < -0.3 is 25.5 Å². The Kier molecular flexibility index (Phi) is 12.5. The van der Waals surface area contributed by atoms with Crippen molar-refractivity contribution in [2.24, 2.45) is 10.9 Å². The predicted molar refractivity (Wildman–Crippen MR) is 154 cm³/mol. The van der Waals surface area contributed by atoms with Crippen LogP contribution in [0.5, 0.6) is 0 Å². The average Bonchev–Trinajstić information content (AvgIpc) is 2.88. The number of aliphatic imine (C=N–C) groups is 1. The Labute approximate surface area is 232 Å². The summed E-state index contributed by atoms with van der Waals surface area (Å²) >= 11 is 0.